The summed E-state index contributed by atoms with van der Waals surface area (Å²) in [6.45, 7) is 8.15. The van der Waals surface area contributed by atoms with Gasteiger partial charge in [0.1, 0.15) is 12.2 Å². The Morgan fingerprint density at radius 2 is 1.68 bits per heavy atom. The molecule has 10 nitrogen and oxygen atoms in total. The number of halogens is 1. The van der Waals surface area contributed by atoms with Crippen molar-refractivity contribution in [1.82, 2.24) is 15.1 Å². The van der Waals surface area contributed by atoms with Gasteiger partial charge in [0, 0.05) is 65.5 Å². The minimum Gasteiger partial charge on any atom is -0.465 e. The van der Waals surface area contributed by atoms with Crippen molar-refractivity contribution in [2.24, 2.45) is 11.8 Å². The molecule has 3 aliphatic heterocycles. The van der Waals surface area contributed by atoms with Gasteiger partial charge in [0.25, 0.3) is 0 Å². The number of ether oxygens (including phenoxy) is 5. The number of nitrogens with zero attached hydrogens (tertiary/aromatic N) is 2. The van der Waals surface area contributed by atoms with Gasteiger partial charge < -0.3 is 38.8 Å². The van der Waals surface area contributed by atoms with Crippen LogP contribution in [0.3, 0.4) is 0 Å². The first kappa shape index (κ1) is 31.9. The minimum absolute atomic E-state index is 0.0458. The maximum Gasteiger partial charge on any atom is 0.310 e. The fraction of sp³-hybridized carbons (Fsp3) is 0.931. The number of hydrogen-bond acceptors (Lipinski definition) is 10. The van der Waals surface area contributed by atoms with Crippen LogP contribution in [0.25, 0.3) is 0 Å². The molecule has 0 aromatic rings. The first-order chi connectivity index (χ1) is 19.5. The molecule has 0 radical (unpaired) electrons. The number of piperidine rings is 1. The molecule has 1 saturated carbocycles. The van der Waals surface area contributed by atoms with Crippen LogP contribution in [-0.4, -0.2) is 131 Å². The Balaban J connectivity index is 1.42. The Morgan fingerprint density at radius 3 is 2.42 bits per heavy atom. The third kappa shape index (κ3) is 9.51. The highest BCUT2D eigenvalue weighted by molar-refractivity contribution is 6.21. The van der Waals surface area contributed by atoms with Crippen molar-refractivity contribution in [3.8, 4) is 0 Å². The van der Waals surface area contributed by atoms with Gasteiger partial charge in [-0.05, 0) is 64.5 Å². The molecule has 4 rings (SSSR count). The summed E-state index contributed by atoms with van der Waals surface area (Å²) in [5, 5.41) is 3.20. The second-order valence-corrected chi connectivity index (χ2v) is 12.4. The molecular formula is C29H50ClN3O7. The predicted octanol–water partition coefficient (Wildman–Crippen LogP) is 2.07. The molecule has 0 amide bonds. The molecule has 3 saturated heterocycles. The second kappa shape index (κ2) is 16.6. The van der Waals surface area contributed by atoms with Crippen molar-refractivity contribution in [3.05, 3.63) is 0 Å². The zero-order valence-electron chi connectivity index (χ0n) is 24.4. The molecule has 40 heavy (non-hydrogen) atoms. The summed E-state index contributed by atoms with van der Waals surface area (Å²) in [5.41, 5.74) is 0. The van der Waals surface area contributed by atoms with Crippen molar-refractivity contribution in [3.63, 3.8) is 0 Å². The topological polar surface area (TPSA) is 98.8 Å². The Labute approximate surface area is 244 Å². The molecule has 0 aromatic carbocycles. The van der Waals surface area contributed by atoms with Gasteiger partial charge in [0.15, 0.2) is 0 Å². The summed E-state index contributed by atoms with van der Waals surface area (Å²) in [5.74, 6) is -0.809. The maximum atomic E-state index is 13.1. The van der Waals surface area contributed by atoms with Gasteiger partial charge >= 0.3 is 11.9 Å². The Hall–Kier alpha value is -1.01. The normalized spacial score (nSPS) is 39.2. The van der Waals surface area contributed by atoms with Crippen LogP contribution in [0.2, 0.25) is 0 Å². The molecule has 0 spiro atoms. The minimum atomic E-state index is -0.279. The standard InChI is InChI=1S/C29H50ClN3O7/c1-36-25-17-21-18-26(27(25)37-2)38-14-3-6-24(40-29(35)22-16-23(30)20-31-19-22)7-11-33-9-4-8-32(12-13-33)10-5-15-39-28(21)34/h21-27,31H,3-20H2,1-2H3. The molecule has 3 heterocycles. The highest BCUT2D eigenvalue weighted by Crippen LogP contribution is 2.32. The average molecular weight is 588 g/mol. The smallest absolute Gasteiger partial charge is 0.310 e. The Morgan fingerprint density at radius 1 is 0.900 bits per heavy atom. The lowest BCUT2D eigenvalue weighted by Gasteiger charge is -2.39. The number of methoxy groups -OCH3 is 2. The van der Waals surface area contributed by atoms with Crippen LogP contribution < -0.4 is 5.32 Å². The van der Waals surface area contributed by atoms with E-state index in [2.05, 4.69) is 15.1 Å². The SMILES string of the molecule is COC1CC2CC(OCCCC(OC(=O)C3CNCC(Cl)C3)CCN3CCCN(CCCOC2=O)CC3)C1OC. The monoisotopic (exact) mass is 587 g/mol. The van der Waals surface area contributed by atoms with E-state index in [9.17, 15) is 9.59 Å². The number of esters is 2. The van der Waals surface area contributed by atoms with E-state index in [4.69, 9.17) is 35.3 Å². The molecule has 230 valence electrons. The molecule has 1 aliphatic carbocycles. The number of alkyl halides is 1. The summed E-state index contributed by atoms with van der Waals surface area (Å²) in [6.07, 6.45) is 5.02. The number of cyclic esters (lactones) is 1. The quantitative estimate of drug-likeness (QED) is 0.389. The molecule has 0 aromatic heterocycles. The van der Waals surface area contributed by atoms with Crippen LogP contribution in [0.5, 0.6) is 0 Å². The second-order valence-electron chi connectivity index (χ2n) is 11.8. The van der Waals surface area contributed by atoms with Gasteiger partial charge in [-0.2, -0.15) is 0 Å². The third-order valence-electron chi connectivity index (χ3n) is 8.90. The lowest BCUT2D eigenvalue weighted by molar-refractivity contribution is -0.172. The van der Waals surface area contributed by atoms with Crippen LogP contribution in [0, 0.1) is 11.8 Å². The van der Waals surface area contributed by atoms with E-state index in [1.807, 2.05) is 0 Å². The number of fused-ring (bicyclic) bond motifs is 5. The lowest BCUT2D eigenvalue weighted by atomic mass is 9.83. The van der Waals surface area contributed by atoms with E-state index in [0.29, 0.717) is 39.0 Å². The molecule has 11 heteroatoms. The van der Waals surface area contributed by atoms with Crippen molar-refractivity contribution in [2.45, 2.75) is 81.2 Å². The molecular weight excluding hydrogens is 538 g/mol. The maximum absolute atomic E-state index is 13.1. The molecule has 1 N–H and O–H groups in total. The number of carbonyl (C=O) groups excluding carboxylic acids is 2. The van der Waals surface area contributed by atoms with Crippen LogP contribution in [0.1, 0.15) is 51.4 Å². The average Bonchev–Trinajstić information content (AvgIpc) is 3.20. The zero-order valence-corrected chi connectivity index (χ0v) is 25.2. The van der Waals surface area contributed by atoms with Gasteiger partial charge in [0.2, 0.25) is 0 Å². The first-order valence-corrected chi connectivity index (χ1v) is 15.7. The predicted molar refractivity (Wildman–Crippen MR) is 151 cm³/mol. The molecule has 4 fully saturated rings. The van der Waals surface area contributed by atoms with Crippen molar-refractivity contribution in [2.75, 3.05) is 79.8 Å². The van der Waals surface area contributed by atoms with Gasteiger partial charge in [-0.15, -0.1) is 11.6 Å². The van der Waals surface area contributed by atoms with Gasteiger partial charge in [-0.25, -0.2) is 0 Å². The van der Waals surface area contributed by atoms with E-state index in [0.717, 1.165) is 77.9 Å². The fourth-order valence-corrected chi connectivity index (χ4v) is 6.89. The van der Waals surface area contributed by atoms with Gasteiger partial charge in [0.05, 0.1) is 30.7 Å². The van der Waals surface area contributed by atoms with Crippen molar-refractivity contribution < 1.29 is 33.3 Å². The van der Waals surface area contributed by atoms with Crippen LogP contribution in [-0.2, 0) is 33.3 Å². The van der Waals surface area contributed by atoms with Gasteiger partial charge in [-0.3, -0.25) is 9.59 Å². The number of hydrogen-bond donors (Lipinski definition) is 1. The van der Waals surface area contributed by atoms with E-state index >= 15 is 0 Å². The van der Waals surface area contributed by atoms with Crippen LogP contribution in [0.15, 0.2) is 0 Å². The Bertz CT molecular complexity index is 793. The van der Waals surface area contributed by atoms with Crippen LogP contribution in [0.4, 0.5) is 0 Å². The highest BCUT2D eigenvalue weighted by Gasteiger charge is 2.42. The molecule has 9 unspecified atom stereocenters. The van der Waals surface area contributed by atoms with E-state index < -0.39 is 0 Å². The largest absolute Gasteiger partial charge is 0.465 e. The number of nitrogens with one attached hydrogen (secondary N) is 1. The summed E-state index contributed by atoms with van der Waals surface area (Å²) in [6, 6.07) is 0. The lowest BCUT2D eigenvalue weighted by Crippen LogP contribution is -2.49. The van der Waals surface area contributed by atoms with E-state index in [-0.39, 0.29) is 53.6 Å². The molecule has 9 atom stereocenters. The van der Waals surface area contributed by atoms with E-state index in [1.54, 1.807) is 14.2 Å². The Kier molecular flexibility index (Phi) is 13.2. The zero-order chi connectivity index (χ0) is 28.3. The summed E-state index contributed by atoms with van der Waals surface area (Å²) < 4.78 is 29.6. The summed E-state index contributed by atoms with van der Waals surface area (Å²) in [7, 11) is 3.31. The molecule has 4 aliphatic rings. The highest BCUT2D eigenvalue weighted by atomic mass is 35.5. The fourth-order valence-electron chi connectivity index (χ4n) is 6.57. The van der Waals surface area contributed by atoms with Crippen molar-refractivity contribution in [1.29, 1.82) is 0 Å². The number of rotatable bonds is 4. The summed E-state index contributed by atoms with van der Waals surface area (Å²) in [4.78, 5) is 31.0. The first-order valence-electron chi connectivity index (χ1n) is 15.3. The van der Waals surface area contributed by atoms with Crippen molar-refractivity contribution >= 4 is 23.5 Å². The number of carbonyl (C=O) groups is 2. The summed E-state index contributed by atoms with van der Waals surface area (Å²) >= 11 is 6.31. The third-order valence-corrected chi connectivity index (χ3v) is 9.23. The van der Waals surface area contributed by atoms with Gasteiger partial charge in [-0.1, -0.05) is 0 Å². The van der Waals surface area contributed by atoms with Crippen LogP contribution >= 0.6 is 11.6 Å². The van der Waals surface area contributed by atoms with E-state index in [1.165, 1.54) is 0 Å². The molecule has 4 bridgehead atoms.